The molecule has 3 aromatic rings. The second-order valence-corrected chi connectivity index (χ2v) is 8.45. The lowest BCUT2D eigenvalue weighted by atomic mass is 10.1. The number of aryl methyl sites for hydroxylation is 1. The monoisotopic (exact) mass is 524 g/mol. The van der Waals surface area contributed by atoms with Crippen LogP contribution in [0, 0.1) is 18.3 Å². The fourth-order valence-corrected chi connectivity index (χ4v) is 3.60. The van der Waals surface area contributed by atoms with Crippen LogP contribution in [0.1, 0.15) is 23.6 Å². The molecule has 0 radical (unpaired) electrons. The van der Waals surface area contributed by atoms with Crippen LogP contribution in [-0.4, -0.2) is 12.5 Å². The summed E-state index contributed by atoms with van der Waals surface area (Å²) in [6.45, 7) is 4.73. The molecule has 0 unspecified atom stereocenters. The number of rotatable bonds is 8. The van der Waals surface area contributed by atoms with Gasteiger partial charge in [0, 0.05) is 15.2 Å². The molecular formula is C26H22BrClN2O3. The zero-order chi connectivity index (χ0) is 23.8. The van der Waals surface area contributed by atoms with E-state index in [1.165, 1.54) is 6.08 Å². The first-order chi connectivity index (χ1) is 15.9. The maximum atomic E-state index is 12.6. The fourth-order valence-electron chi connectivity index (χ4n) is 3.04. The molecule has 0 aliphatic carbocycles. The lowest BCUT2D eigenvalue weighted by Gasteiger charge is -2.14. The first-order valence-electron chi connectivity index (χ1n) is 10.2. The number of amides is 1. The Morgan fingerprint density at radius 1 is 1.12 bits per heavy atom. The molecule has 0 spiro atoms. The summed E-state index contributed by atoms with van der Waals surface area (Å²) in [5, 5.41) is 12.8. The van der Waals surface area contributed by atoms with Crippen LogP contribution in [0.4, 0.5) is 5.69 Å². The van der Waals surface area contributed by atoms with Crippen LogP contribution in [0.2, 0.25) is 5.02 Å². The van der Waals surface area contributed by atoms with Gasteiger partial charge in [-0.2, -0.15) is 5.26 Å². The van der Waals surface area contributed by atoms with Gasteiger partial charge in [0.15, 0.2) is 11.5 Å². The first kappa shape index (κ1) is 24.4. The summed E-state index contributed by atoms with van der Waals surface area (Å²) in [5.74, 6) is 0.561. The molecule has 5 nitrogen and oxygen atoms in total. The normalized spacial score (nSPS) is 10.9. The number of halogens is 2. The molecule has 0 bridgehead atoms. The predicted molar refractivity (Wildman–Crippen MR) is 134 cm³/mol. The van der Waals surface area contributed by atoms with Gasteiger partial charge in [0.05, 0.1) is 6.61 Å². The van der Waals surface area contributed by atoms with Gasteiger partial charge in [-0.15, -0.1) is 0 Å². The van der Waals surface area contributed by atoms with E-state index >= 15 is 0 Å². The molecule has 0 atom stereocenters. The molecule has 168 valence electrons. The quantitative estimate of drug-likeness (QED) is 0.256. The third kappa shape index (κ3) is 6.85. The third-order valence-electron chi connectivity index (χ3n) is 4.61. The number of hydrogen-bond donors (Lipinski definition) is 1. The standard InChI is InChI=1S/C26H22BrClN2O3/c1-3-32-24-13-19(12-20(15-29)26(31)30-22-9-7-21(28)8-10-22)23(27)14-25(24)33-16-18-6-4-5-17(2)11-18/h4-14H,3,16H2,1-2H3,(H,30,31)/b20-12+. The van der Waals surface area contributed by atoms with Gasteiger partial charge in [0.1, 0.15) is 18.2 Å². The lowest BCUT2D eigenvalue weighted by Crippen LogP contribution is -2.13. The fraction of sp³-hybridized carbons (Fsp3) is 0.154. The number of carbonyl (C=O) groups excluding carboxylic acids is 1. The zero-order valence-corrected chi connectivity index (χ0v) is 20.5. The minimum Gasteiger partial charge on any atom is -0.490 e. The van der Waals surface area contributed by atoms with Crippen molar-refractivity contribution in [1.82, 2.24) is 0 Å². The molecule has 7 heteroatoms. The summed E-state index contributed by atoms with van der Waals surface area (Å²) in [4.78, 5) is 12.6. The van der Waals surface area contributed by atoms with Crippen molar-refractivity contribution >= 4 is 45.2 Å². The van der Waals surface area contributed by atoms with Crippen LogP contribution in [-0.2, 0) is 11.4 Å². The molecule has 3 rings (SSSR count). The molecule has 0 saturated carbocycles. The van der Waals surface area contributed by atoms with Crippen molar-refractivity contribution in [1.29, 1.82) is 5.26 Å². The number of hydrogen-bond acceptors (Lipinski definition) is 4. The summed E-state index contributed by atoms with van der Waals surface area (Å²) >= 11 is 9.39. The Bertz CT molecular complexity index is 1220. The predicted octanol–water partition coefficient (Wildman–Crippen LogP) is 6.93. The van der Waals surface area contributed by atoms with E-state index in [0.29, 0.717) is 45.5 Å². The van der Waals surface area contributed by atoms with Crippen molar-refractivity contribution in [3.05, 3.63) is 92.4 Å². The molecule has 0 fully saturated rings. The van der Waals surface area contributed by atoms with E-state index in [9.17, 15) is 10.1 Å². The number of nitrogens with zero attached hydrogens (tertiary/aromatic N) is 1. The molecule has 0 aliphatic heterocycles. The Morgan fingerprint density at radius 2 is 1.85 bits per heavy atom. The maximum Gasteiger partial charge on any atom is 0.266 e. The largest absolute Gasteiger partial charge is 0.490 e. The second-order valence-electron chi connectivity index (χ2n) is 7.16. The van der Waals surface area contributed by atoms with E-state index in [2.05, 4.69) is 27.3 Å². The average Bonchev–Trinajstić information content (AvgIpc) is 2.79. The van der Waals surface area contributed by atoms with Gasteiger partial charge in [0.2, 0.25) is 0 Å². The summed E-state index contributed by atoms with van der Waals surface area (Å²) < 4.78 is 12.4. The second kappa shape index (κ2) is 11.6. The van der Waals surface area contributed by atoms with E-state index in [1.807, 2.05) is 38.1 Å². The molecule has 1 amide bonds. The average molecular weight is 526 g/mol. The summed E-state index contributed by atoms with van der Waals surface area (Å²) in [6.07, 6.45) is 1.50. The van der Waals surface area contributed by atoms with Crippen LogP contribution in [0.15, 0.2) is 70.7 Å². The highest BCUT2D eigenvalue weighted by Gasteiger charge is 2.14. The highest BCUT2D eigenvalue weighted by atomic mass is 79.9. The molecule has 3 aromatic carbocycles. The Balaban J connectivity index is 1.84. The van der Waals surface area contributed by atoms with E-state index in [-0.39, 0.29) is 5.57 Å². The van der Waals surface area contributed by atoms with Gasteiger partial charge in [-0.05, 0) is 67.4 Å². The van der Waals surface area contributed by atoms with E-state index < -0.39 is 5.91 Å². The number of nitriles is 1. The Hall–Kier alpha value is -3.27. The van der Waals surface area contributed by atoms with Gasteiger partial charge in [-0.1, -0.05) is 57.4 Å². The number of carbonyl (C=O) groups is 1. The van der Waals surface area contributed by atoms with Crippen molar-refractivity contribution in [3.63, 3.8) is 0 Å². The van der Waals surface area contributed by atoms with Crippen LogP contribution in [0.3, 0.4) is 0 Å². The van der Waals surface area contributed by atoms with E-state index in [1.54, 1.807) is 36.4 Å². The number of benzene rings is 3. The lowest BCUT2D eigenvalue weighted by molar-refractivity contribution is -0.112. The molecule has 1 N–H and O–H groups in total. The topological polar surface area (TPSA) is 71.3 Å². The molecule has 33 heavy (non-hydrogen) atoms. The highest BCUT2D eigenvalue weighted by Crippen LogP contribution is 2.35. The van der Waals surface area contributed by atoms with Gasteiger partial charge in [-0.3, -0.25) is 4.79 Å². The van der Waals surface area contributed by atoms with E-state index in [4.69, 9.17) is 21.1 Å². The summed E-state index contributed by atoms with van der Waals surface area (Å²) in [6, 6.07) is 20.2. The molecule has 0 aliphatic rings. The molecule has 0 saturated heterocycles. The van der Waals surface area contributed by atoms with Crippen LogP contribution < -0.4 is 14.8 Å². The molecule has 0 heterocycles. The summed E-state index contributed by atoms with van der Waals surface area (Å²) in [7, 11) is 0. The van der Waals surface area contributed by atoms with Crippen LogP contribution in [0.5, 0.6) is 11.5 Å². The van der Waals surface area contributed by atoms with Crippen molar-refractivity contribution in [2.75, 3.05) is 11.9 Å². The van der Waals surface area contributed by atoms with Crippen molar-refractivity contribution < 1.29 is 14.3 Å². The zero-order valence-electron chi connectivity index (χ0n) is 18.2. The SMILES string of the molecule is CCOc1cc(/C=C(\C#N)C(=O)Nc2ccc(Cl)cc2)c(Br)cc1OCc1cccc(C)c1. The minimum absolute atomic E-state index is 0.0541. The number of nitrogens with one attached hydrogen (secondary N) is 1. The Labute approximate surface area is 206 Å². The van der Waals surface area contributed by atoms with Crippen molar-refractivity contribution in [2.24, 2.45) is 0 Å². The maximum absolute atomic E-state index is 12.6. The van der Waals surface area contributed by atoms with Gasteiger partial charge >= 0.3 is 0 Å². The smallest absolute Gasteiger partial charge is 0.266 e. The minimum atomic E-state index is -0.524. The van der Waals surface area contributed by atoms with Crippen LogP contribution in [0.25, 0.3) is 6.08 Å². The Morgan fingerprint density at radius 3 is 2.52 bits per heavy atom. The van der Waals surface area contributed by atoms with Crippen molar-refractivity contribution in [2.45, 2.75) is 20.5 Å². The summed E-state index contributed by atoms with van der Waals surface area (Å²) in [5.41, 5.74) is 3.30. The van der Waals surface area contributed by atoms with Crippen LogP contribution >= 0.6 is 27.5 Å². The third-order valence-corrected chi connectivity index (χ3v) is 5.55. The highest BCUT2D eigenvalue weighted by molar-refractivity contribution is 9.10. The number of ether oxygens (including phenoxy) is 2. The van der Waals surface area contributed by atoms with E-state index in [0.717, 1.165) is 11.1 Å². The first-order valence-corrected chi connectivity index (χ1v) is 11.4. The number of anilines is 1. The molecule has 0 aromatic heterocycles. The molecular weight excluding hydrogens is 504 g/mol. The Kier molecular flexibility index (Phi) is 8.53. The van der Waals surface area contributed by atoms with Gasteiger partial charge < -0.3 is 14.8 Å². The van der Waals surface area contributed by atoms with Gasteiger partial charge in [0.25, 0.3) is 5.91 Å². The van der Waals surface area contributed by atoms with Crippen molar-refractivity contribution in [3.8, 4) is 17.6 Å². The van der Waals surface area contributed by atoms with Gasteiger partial charge in [-0.25, -0.2) is 0 Å².